The van der Waals surface area contributed by atoms with Crippen LogP contribution < -0.4 is 15.4 Å². The van der Waals surface area contributed by atoms with Crippen LogP contribution in [0.1, 0.15) is 44.6 Å². The molecule has 4 rings (SSSR count). The number of imide groups is 1. The van der Waals surface area contributed by atoms with Crippen molar-refractivity contribution in [2.45, 2.75) is 50.6 Å². The molecule has 4 amide bonds. The molecule has 2 aliphatic heterocycles. The summed E-state index contributed by atoms with van der Waals surface area (Å²) in [5, 5.41) is 5.83. The maximum atomic E-state index is 13.2. The monoisotopic (exact) mass is 371 g/mol. The number of carbonyl (C=O) groups excluding carboxylic acids is 3. The molecule has 7 heteroatoms. The number of para-hydroxylation sites is 1. The second kappa shape index (κ2) is 6.87. The lowest BCUT2D eigenvalue weighted by molar-refractivity contribution is -0.136. The van der Waals surface area contributed by atoms with E-state index in [4.69, 9.17) is 4.74 Å². The van der Waals surface area contributed by atoms with Gasteiger partial charge >= 0.3 is 6.03 Å². The van der Waals surface area contributed by atoms with Crippen molar-refractivity contribution in [3.63, 3.8) is 0 Å². The zero-order chi connectivity index (χ0) is 19.0. The second-order valence-corrected chi connectivity index (χ2v) is 7.76. The van der Waals surface area contributed by atoms with E-state index in [1.807, 2.05) is 12.1 Å². The fraction of sp³-hybridized carbons (Fsp3) is 0.550. The van der Waals surface area contributed by atoms with Crippen molar-refractivity contribution in [1.82, 2.24) is 15.5 Å². The molecule has 1 spiro atoms. The summed E-state index contributed by atoms with van der Waals surface area (Å²) in [6.07, 6.45) is 4.67. The lowest BCUT2D eigenvalue weighted by Gasteiger charge is -2.33. The van der Waals surface area contributed by atoms with E-state index in [0.29, 0.717) is 30.3 Å². The molecule has 0 unspecified atom stereocenters. The number of hydrogen-bond acceptors (Lipinski definition) is 4. The smallest absolute Gasteiger partial charge is 0.325 e. The highest BCUT2D eigenvalue weighted by Gasteiger charge is 2.55. The number of nitrogens with one attached hydrogen (secondary N) is 2. The maximum Gasteiger partial charge on any atom is 0.325 e. The quantitative estimate of drug-likeness (QED) is 0.795. The minimum Gasteiger partial charge on any atom is -0.493 e. The summed E-state index contributed by atoms with van der Waals surface area (Å²) in [5.74, 6) is 0.351. The Hall–Kier alpha value is -2.57. The molecule has 2 fully saturated rings. The number of amides is 4. The van der Waals surface area contributed by atoms with Crippen LogP contribution in [-0.4, -0.2) is 41.9 Å². The first-order valence-electron chi connectivity index (χ1n) is 9.67. The zero-order valence-electron chi connectivity index (χ0n) is 15.5. The van der Waals surface area contributed by atoms with Gasteiger partial charge in [0.2, 0.25) is 5.91 Å². The fourth-order valence-electron chi connectivity index (χ4n) is 4.44. The Bertz CT molecular complexity index is 780. The van der Waals surface area contributed by atoms with Crippen LogP contribution in [0.4, 0.5) is 4.79 Å². The fourth-order valence-corrected chi connectivity index (χ4v) is 4.44. The summed E-state index contributed by atoms with van der Waals surface area (Å²) in [6.45, 7) is 2.22. The van der Waals surface area contributed by atoms with E-state index in [0.717, 1.165) is 24.2 Å². The number of fused-ring (bicyclic) bond motifs is 2. The minimum absolute atomic E-state index is 0.116. The van der Waals surface area contributed by atoms with Gasteiger partial charge < -0.3 is 15.4 Å². The van der Waals surface area contributed by atoms with E-state index in [2.05, 4.69) is 17.6 Å². The number of rotatable bonds is 3. The molecule has 1 saturated heterocycles. The van der Waals surface area contributed by atoms with Crippen molar-refractivity contribution in [1.29, 1.82) is 0 Å². The lowest BCUT2D eigenvalue weighted by atomic mass is 9.84. The minimum atomic E-state index is -1.13. The summed E-state index contributed by atoms with van der Waals surface area (Å²) in [5.41, 5.74) is -0.483. The zero-order valence-corrected chi connectivity index (χ0v) is 15.5. The summed E-state index contributed by atoms with van der Waals surface area (Å²) < 4.78 is 5.62. The summed E-state index contributed by atoms with van der Waals surface area (Å²) >= 11 is 0. The molecule has 0 aromatic heterocycles. The van der Waals surface area contributed by atoms with E-state index in [1.165, 1.54) is 6.42 Å². The van der Waals surface area contributed by atoms with Crippen molar-refractivity contribution >= 4 is 17.8 Å². The molecule has 27 heavy (non-hydrogen) atoms. The maximum absolute atomic E-state index is 13.2. The van der Waals surface area contributed by atoms with Crippen LogP contribution >= 0.6 is 0 Å². The molecular weight excluding hydrogens is 346 g/mol. The van der Waals surface area contributed by atoms with Crippen LogP contribution in [-0.2, 0) is 15.1 Å². The van der Waals surface area contributed by atoms with Gasteiger partial charge in [0.1, 0.15) is 12.3 Å². The third-order valence-electron chi connectivity index (χ3n) is 6.02. The van der Waals surface area contributed by atoms with Gasteiger partial charge in [-0.15, -0.1) is 0 Å². The third-order valence-corrected chi connectivity index (χ3v) is 6.02. The Morgan fingerprint density at radius 1 is 1.30 bits per heavy atom. The van der Waals surface area contributed by atoms with Gasteiger partial charge in [0.15, 0.2) is 5.54 Å². The van der Waals surface area contributed by atoms with Gasteiger partial charge in [0.05, 0.1) is 6.61 Å². The van der Waals surface area contributed by atoms with Gasteiger partial charge in [0.25, 0.3) is 5.91 Å². The predicted octanol–water partition coefficient (Wildman–Crippen LogP) is 1.91. The SMILES string of the molecule is C[C@@H]1CCCC[C@H]1NC(=O)CN1C(=O)N[C@@]2(CCOc3ccccc32)C1=O. The number of urea groups is 1. The van der Waals surface area contributed by atoms with Gasteiger partial charge in [-0.1, -0.05) is 38.0 Å². The number of hydrogen-bond donors (Lipinski definition) is 2. The molecule has 1 aromatic rings. The highest BCUT2D eigenvalue weighted by atomic mass is 16.5. The predicted molar refractivity (Wildman–Crippen MR) is 98.0 cm³/mol. The van der Waals surface area contributed by atoms with Crippen molar-refractivity contribution in [2.24, 2.45) is 5.92 Å². The molecule has 1 aromatic carbocycles. The Morgan fingerprint density at radius 3 is 2.89 bits per heavy atom. The average Bonchev–Trinajstić information content (AvgIpc) is 2.89. The first-order valence-corrected chi connectivity index (χ1v) is 9.67. The van der Waals surface area contributed by atoms with Gasteiger partial charge in [-0.2, -0.15) is 0 Å². The van der Waals surface area contributed by atoms with Crippen LogP contribution in [0.15, 0.2) is 24.3 Å². The number of carbonyl (C=O) groups is 3. The molecule has 3 atom stereocenters. The van der Waals surface area contributed by atoms with E-state index in [1.54, 1.807) is 12.1 Å². The van der Waals surface area contributed by atoms with E-state index in [9.17, 15) is 14.4 Å². The lowest BCUT2D eigenvalue weighted by Crippen LogP contribution is -2.49. The Morgan fingerprint density at radius 2 is 2.07 bits per heavy atom. The second-order valence-electron chi connectivity index (χ2n) is 7.76. The van der Waals surface area contributed by atoms with Crippen LogP contribution in [0.2, 0.25) is 0 Å². The van der Waals surface area contributed by atoms with Crippen molar-refractivity contribution in [2.75, 3.05) is 13.2 Å². The van der Waals surface area contributed by atoms with E-state index < -0.39 is 11.6 Å². The average molecular weight is 371 g/mol. The molecule has 144 valence electrons. The normalized spacial score (nSPS) is 29.9. The highest BCUT2D eigenvalue weighted by Crippen LogP contribution is 2.40. The van der Waals surface area contributed by atoms with Crippen LogP contribution in [0.3, 0.4) is 0 Å². The van der Waals surface area contributed by atoms with E-state index in [-0.39, 0.29) is 24.4 Å². The topological polar surface area (TPSA) is 87.7 Å². The summed E-state index contributed by atoms with van der Waals surface area (Å²) in [4.78, 5) is 39.2. The molecule has 2 N–H and O–H groups in total. The molecule has 3 aliphatic rings. The largest absolute Gasteiger partial charge is 0.493 e. The molecule has 1 aliphatic carbocycles. The summed E-state index contributed by atoms with van der Waals surface area (Å²) in [6, 6.07) is 6.81. The van der Waals surface area contributed by atoms with Gasteiger partial charge in [-0.05, 0) is 24.8 Å². The summed E-state index contributed by atoms with van der Waals surface area (Å²) in [7, 11) is 0. The first-order chi connectivity index (χ1) is 13.0. The van der Waals surface area contributed by atoms with Gasteiger partial charge in [0, 0.05) is 18.0 Å². The van der Waals surface area contributed by atoms with Crippen LogP contribution in [0.25, 0.3) is 0 Å². The number of benzene rings is 1. The van der Waals surface area contributed by atoms with Gasteiger partial charge in [-0.25, -0.2) is 4.79 Å². The van der Waals surface area contributed by atoms with Crippen LogP contribution in [0, 0.1) is 5.92 Å². The third kappa shape index (κ3) is 3.05. The number of ether oxygens (including phenoxy) is 1. The van der Waals surface area contributed by atoms with E-state index >= 15 is 0 Å². The molecule has 0 radical (unpaired) electrons. The molecule has 2 heterocycles. The van der Waals surface area contributed by atoms with Crippen molar-refractivity contribution < 1.29 is 19.1 Å². The van der Waals surface area contributed by atoms with Gasteiger partial charge in [-0.3, -0.25) is 14.5 Å². The molecule has 0 bridgehead atoms. The Balaban J connectivity index is 1.50. The molecule has 7 nitrogen and oxygen atoms in total. The van der Waals surface area contributed by atoms with Crippen LogP contribution in [0.5, 0.6) is 5.75 Å². The van der Waals surface area contributed by atoms with Crippen molar-refractivity contribution in [3.05, 3.63) is 29.8 Å². The van der Waals surface area contributed by atoms with Crippen molar-refractivity contribution in [3.8, 4) is 5.75 Å². The highest BCUT2D eigenvalue weighted by molar-refractivity contribution is 6.09. The molecule has 1 saturated carbocycles. The molecular formula is C20H25N3O4. The number of nitrogens with zero attached hydrogens (tertiary/aromatic N) is 1. The Kier molecular flexibility index (Phi) is 4.53. The first kappa shape index (κ1) is 17.8. The Labute approximate surface area is 158 Å². The standard InChI is InChI=1S/C20H25N3O4/c1-13-6-2-4-8-15(13)21-17(24)12-23-18(25)20(22-19(23)26)10-11-27-16-9-5-3-7-14(16)20/h3,5,7,9,13,15H,2,4,6,8,10-12H2,1H3,(H,21,24)(H,22,26)/t13-,15-,20-/m1/s1.